The molecule has 0 saturated heterocycles. The first-order valence-corrected chi connectivity index (χ1v) is 6.75. The predicted molar refractivity (Wildman–Crippen MR) is 77.0 cm³/mol. The molecule has 102 valence electrons. The van der Waals surface area contributed by atoms with Gasteiger partial charge in [-0.1, -0.05) is 60.7 Å². The first kappa shape index (κ1) is 12.9. The Morgan fingerprint density at radius 3 is 2.35 bits per heavy atom. The van der Waals surface area contributed by atoms with Crippen LogP contribution in [0.1, 0.15) is 23.5 Å². The Bertz CT molecular complexity index is 597. The van der Waals surface area contributed by atoms with Gasteiger partial charge in [-0.15, -0.1) is 0 Å². The van der Waals surface area contributed by atoms with Gasteiger partial charge in [-0.05, 0) is 17.5 Å². The first-order chi connectivity index (χ1) is 9.70. The lowest BCUT2D eigenvalue weighted by molar-refractivity contribution is -0.147. The van der Waals surface area contributed by atoms with Gasteiger partial charge in [0, 0.05) is 5.92 Å². The van der Waals surface area contributed by atoms with Gasteiger partial charge in [-0.2, -0.15) is 0 Å². The minimum absolute atomic E-state index is 0.0759. The maximum atomic E-state index is 12.1. The maximum Gasteiger partial charge on any atom is 0.327 e. The van der Waals surface area contributed by atoms with E-state index in [1.807, 2.05) is 60.7 Å². The smallest absolute Gasteiger partial charge is 0.327 e. The number of rotatable bonds is 4. The van der Waals surface area contributed by atoms with Gasteiger partial charge in [-0.3, -0.25) is 4.79 Å². The Morgan fingerprint density at radius 2 is 1.70 bits per heavy atom. The van der Waals surface area contributed by atoms with Gasteiger partial charge in [0.05, 0.1) is 0 Å². The molecule has 0 amide bonds. The number of nitrogens with two attached hydrogens (primary N) is 1. The average molecular weight is 267 g/mol. The van der Waals surface area contributed by atoms with Crippen LogP contribution in [-0.2, 0) is 16.1 Å². The molecule has 0 aliphatic heterocycles. The van der Waals surface area contributed by atoms with E-state index in [1.54, 1.807) is 0 Å². The van der Waals surface area contributed by atoms with Crippen molar-refractivity contribution in [3.8, 4) is 0 Å². The zero-order valence-corrected chi connectivity index (χ0v) is 11.2. The quantitative estimate of drug-likeness (QED) is 0.866. The predicted octanol–water partition coefficient (Wildman–Crippen LogP) is 2.61. The van der Waals surface area contributed by atoms with Crippen LogP contribution in [0.25, 0.3) is 0 Å². The van der Waals surface area contributed by atoms with Crippen LogP contribution in [0.15, 0.2) is 60.7 Å². The largest absolute Gasteiger partial charge is 0.459 e. The van der Waals surface area contributed by atoms with E-state index in [-0.39, 0.29) is 18.5 Å². The van der Waals surface area contributed by atoms with E-state index >= 15 is 0 Å². The molecule has 0 aromatic heterocycles. The Labute approximate surface area is 118 Å². The molecule has 3 heteroatoms. The molecule has 20 heavy (non-hydrogen) atoms. The van der Waals surface area contributed by atoms with Crippen LogP contribution in [0.4, 0.5) is 0 Å². The Kier molecular flexibility index (Phi) is 3.28. The number of carbonyl (C=O) groups excluding carboxylic acids is 1. The van der Waals surface area contributed by atoms with Crippen molar-refractivity contribution in [1.29, 1.82) is 0 Å². The highest BCUT2D eigenvalue weighted by molar-refractivity contribution is 5.86. The fourth-order valence-electron chi connectivity index (χ4n) is 2.46. The molecular weight excluding hydrogens is 250 g/mol. The number of hydrogen-bond donors (Lipinski definition) is 1. The summed E-state index contributed by atoms with van der Waals surface area (Å²) in [6, 6.07) is 19.5. The third-order valence-corrected chi connectivity index (χ3v) is 3.80. The van der Waals surface area contributed by atoms with E-state index in [4.69, 9.17) is 10.5 Å². The maximum absolute atomic E-state index is 12.1. The standard InChI is InChI=1S/C17H17NO2/c18-17(11-15(17)14-9-5-2-6-10-14)16(19)20-12-13-7-3-1-4-8-13/h1-10,15H,11-12,18H2. The molecule has 0 spiro atoms. The van der Waals surface area contributed by atoms with Gasteiger partial charge < -0.3 is 10.5 Å². The Hall–Kier alpha value is -2.13. The lowest BCUT2D eigenvalue weighted by Crippen LogP contribution is -2.36. The lowest BCUT2D eigenvalue weighted by Gasteiger charge is -2.11. The van der Waals surface area contributed by atoms with E-state index in [0.717, 1.165) is 11.1 Å². The summed E-state index contributed by atoms with van der Waals surface area (Å²) >= 11 is 0. The van der Waals surface area contributed by atoms with E-state index in [0.29, 0.717) is 6.42 Å². The van der Waals surface area contributed by atoms with Gasteiger partial charge in [0.1, 0.15) is 12.1 Å². The molecule has 3 rings (SSSR count). The summed E-state index contributed by atoms with van der Waals surface area (Å²) < 4.78 is 5.34. The lowest BCUT2D eigenvalue weighted by atomic mass is 10.1. The van der Waals surface area contributed by atoms with E-state index in [2.05, 4.69) is 0 Å². The van der Waals surface area contributed by atoms with Gasteiger partial charge in [0.25, 0.3) is 0 Å². The molecule has 0 bridgehead atoms. The molecule has 1 aliphatic carbocycles. The van der Waals surface area contributed by atoms with Crippen LogP contribution in [-0.4, -0.2) is 11.5 Å². The van der Waals surface area contributed by atoms with Crippen molar-refractivity contribution >= 4 is 5.97 Å². The third kappa shape index (κ3) is 2.45. The fraction of sp³-hybridized carbons (Fsp3) is 0.235. The summed E-state index contributed by atoms with van der Waals surface area (Å²) in [5.41, 5.74) is 7.38. The van der Waals surface area contributed by atoms with Gasteiger partial charge in [-0.25, -0.2) is 0 Å². The van der Waals surface area contributed by atoms with Crippen LogP contribution in [0.5, 0.6) is 0 Å². The Balaban J connectivity index is 1.61. The summed E-state index contributed by atoms with van der Waals surface area (Å²) in [4.78, 5) is 12.1. The van der Waals surface area contributed by atoms with Crippen molar-refractivity contribution in [2.75, 3.05) is 0 Å². The molecule has 2 unspecified atom stereocenters. The van der Waals surface area contributed by atoms with Crippen molar-refractivity contribution in [2.45, 2.75) is 24.5 Å². The molecule has 2 atom stereocenters. The topological polar surface area (TPSA) is 52.3 Å². The number of hydrogen-bond acceptors (Lipinski definition) is 3. The third-order valence-electron chi connectivity index (χ3n) is 3.80. The summed E-state index contributed by atoms with van der Waals surface area (Å²) in [7, 11) is 0. The zero-order chi connectivity index (χ0) is 14.0. The van der Waals surface area contributed by atoms with Gasteiger partial charge in [0.2, 0.25) is 0 Å². The molecule has 1 saturated carbocycles. The SMILES string of the molecule is NC1(C(=O)OCc2ccccc2)CC1c1ccccc1. The van der Waals surface area contributed by atoms with Crippen LogP contribution in [0.3, 0.4) is 0 Å². The van der Waals surface area contributed by atoms with Crippen molar-refractivity contribution in [2.24, 2.45) is 5.73 Å². The van der Waals surface area contributed by atoms with Crippen molar-refractivity contribution in [3.63, 3.8) is 0 Å². The normalized spacial score (nSPS) is 24.1. The first-order valence-electron chi connectivity index (χ1n) is 6.75. The van der Waals surface area contributed by atoms with E-state index in [1.165, 1.54) is 0 Å². The molecule has 2 N–H and O–H groups in total. The molecule has 2 aromatic rings. The molecule has 2 aromatic carbocycles. The van der Waals surface area contributed by atoms with E-state index < -0.39 is 5.54 Å². The van der Waals surface area contributed by atoms with Crippen molar-refractivity contribution < 1.29 is 9.53 Å². The Morgan fingerprint density at radius 1 is 1.10 bits per heavy atom. The summed E-state index contributed by atoms with van der Waals surface area (Å²) in [6.07, 6.45) is 0.657. The highest BCUT2D eigenvalue weighted by Gasteiger charge is 2.59. The fourth-order valence-corrected chi connectivity index (χ4v) is 2.46. The highest BCUT2D eigenvalue weighted by atomic mass is 16.5. The second-order valence-corrected chi connectivity index (χ2v) is 5.27. The minimum Gasteiger partial charge on any atom is -0.459 e. The molecule has 0 heterocycles. The van der Waals surface area contributed by atoms with Gasteiger partial charge in [0.15, 0.2) is 0 Å². The molecule has 1 fully saturated rings. The monoisotopic (exact) mass is 267 g/mol. The molecule has 0 radical (unpaired) electrons. The number of carbonyl (C=O) groups is 1. The highest BCUT2D eigenvalue weighted by Crippen LogP contribution is 2.50. The number of ether oxygens (including phenoxy) is 1. The van der Waals surface area contributed by atoms with Crippen molar-refractivity contribution in [3.05, 3.63) is 71.8 Å². The van der Waals surface area contributed by atoms with Crippen LogP contribution in [0.2, 0.25) is 0 Å². The average Bonchev–Trinajstić information content (AvgIpc) is 3.20. The summed E-state index contributed by atoms with van der Waals surface area (Å²) in [5, 5.41) is 0. The molecular formula is C17H17NO2. The van der Waals surface area contributed by atoms with Crippen LogP contribution in [0, 0.1) is 0 Å². The minimum atomic E-state index is -0.851. The second kappa shape index (κ2) is 5.10. The van der Waals surface area contributed by atoms with Crippen LogP contribution >= 0.6 is 0 Å². The summed E-state index contributed by atoms with van der Waals surface area (Å²) in [6.45, 7) is 0.278. The number of esters is 1. The zero-order valence-electron chi connectivity index (χ0n) is 11.2. The summed E-state index contributed by atoms with van der Waals surface area (Å²) in [5.74, 6) is -0.234. The molecule has 3 nitrogen and oxygen atoms in total. The molecule has 1 aliphatic rings. The van der Waals surface area contributed by atoms with E-state index in [9.17, 15) is 4.79 Å². The van der Waals surface area contributed by atoms with Crippen molar-refractivity contribution in [1.82, 2.24) is 0 Å². The number of benzene rings is 2. The second-order valence-electron chi connectivity index (χ2n) is 5.27. The van der Waals surface area contributed by atoms with Crippen LogP contribution < -0.4 is 5.73 Å². The van der Waals surface area contributed by atoms with Gasteiger partial charge >= 0.3 is 5.97 Å².